The van der Waals surface area contributed by atoms with Gasteiger partial charge in [-0.05, 0) is 55.3 Å². The second-order valence-corrected chi connectivity index (χ2v) is 9.46. The van der Waals surface area contributed by atoms with E-state index in [-0.39, 0.29) is 11.8 Å². The third-order valence-electron chi connectivity index (χ3n) is 6.52. The van der Waals surface area contributed by atoms with Crippen LogP contribution >= 0.6 is 11.6 Å². The number of amides is 2. The molecule has 0 spiro atoms. The SMILES string of the molecule is C=CC(=O)N1CCC[C@H]1C(=O)Nc1cc2c(Nc3ccc(OCc4ccccn4)c(Cl)c3)ncnc2cc1OC. The highest BCUT2D eigenvalue weighted by atomic mass is 35.5. The summed E-state index contributed by atoms with van der Waals surface area (Å²) in [6.45, 7) is 4.34. The molecule has 1 atom stereocenters. The first kappa shape index (κ1) is 26.9. The number of carbonyl (C=O) groups is 2. The largest absolute Gasteiger partial charge is 0.494 e. The fraction of sp³-hybridized carbons (Fsp3) is 0.207. The molecular weight excluding hydrogens is 532 g/mol. The Morgan fingerprint density at radius 3 is 2.77 bits per heavy atom. The minimum Gasteiger partial charge on any atom is -0.494 e. The monoisotopic (exact) mass is 558 g/mol. The van der Waals surface area contributed by atoms with Crippen molar-refractivity contribution in [1.82, 2.24) is 19.9 Å². The van der Waals surface area contributed by atoms with Gasteiger partial charge < -0.3 is 25.0 Å². The second-order valence-electron chi connectivity index (χ2n) is 9.05. The minimum atomic E-state index is -0.587. The minimum absolute atomic E-state index is 0.269. The molecule has 2 aromatic carbocycles. The Kier molecular flexibility index (Phi) is 8.07. The van der Waals surface area contributed by atoms with Crippen molar-refractivity contribution in [2.75, 3.05) is 24.3 Å². The van der Waals surface area contributed by atoms with Crippen LogP contribution < -0.4 is 20.1 Å². The summed E-state index contributed by atoms with van der Waals surface area (Å²) in [6, 6.07) is 13.8. The molecule has 0 saturated carbocycles. The topological polar surface area (TPSA) is 119 Å². The number of nitrogens with one attached hydrogen (secondary N) is 2. The van der Waals surface area contributed by atoms with Crippen LogP contribution in [0.1, 0.15) is 18.5 Å². The molecule has 40 heavy (non-hydrogen) atoms. The normalized spacial score (nSPS) is 14.6. The Labute approximate surface area is 236 Å². The quantitative estimate of drug-likeness (QED) is 0.272. The van der Waals surface area contributed by atoms with Crippen LogP contribution in [0, 0.1) is 0 Å². The number of rotatable bonds is 9. The maximum atomic E-state index is 13.2. The van der Waals surface area contributed by atoms with E-state index in [1.165, 1.54) is 24.4 Å². The average molecular weight is 559 g/mol. The van der Waals surface area contributed by atoms with Gasteiger partial charge in [-0.15, -0.1) is 0 Å². The molecule has 1 aliphatic rings. The van der Waals surface area contributed by atoms with Crippen molar-refractivity contribution < 1.29 is 19.1 Å². The molecular formula is C29H27ClN6O4. The van der Waals surface area contributed by atoms with E-state index in [1.807, 2.05) is 24.3 Å². The number of pyridine rings is 1. The van der Waals surface area contributed by atoms with Crippen LogP contribution in [0.25, 0.3) is 10.9 Å². The third-order valence-corrected chi connectivity index (χ3v) is 6.82. The van der Waals surface area contributed by atoms with E-state index in [0.717, 1.165) is 12.1 Å². The van der Waals surface area contributed by atoms with Gasteiger partial charge in [-0.1, -0.05) is 24.2 Å². The van der Waals surface area contributed by atoms with Crippen molar-refractivity contribution in [3.8, 4) is 11.5 Å². The van der Waals surface area contributed by atoms with Gasteiger partial charge in [0.2, 0.25) is 11.8 Å². The molecule has 0 bridgehead atoms. The first-order chi connectivity index (χ1) is 19.5. The van der Waals surface area contributed by atoms with Crippen molar-refractivity contribution in [3.63, 3.8) is 0 Å². The van der Waals surface area contributed by atoms with E-state index >= 15 is 0 Å². The summed E-state index contributed by atoms with van der Waals surface area (Å²) in [5, 5.41) is 7.26. The summed E-state index contributed by atoms with van der Waals surface area (Å²) in [4.78, 5) is 39.9. The number of hydrogen-bond acceptors (Lipinski definition) is 8. The summed E-state index contributed by atoms with van der Waals surface area (Å²) in [6.07, 6.45) is 5.68. The zero-order valence-corrected chi connectivity index (χ0v) is 22.5. The van der Waals surface area contributed by atoms with E-state index in [1.54, 1.807) is 30.5 Å². The first-order valence-corrected chi connectivity index (χ1v) is 13.0. The van der Waals surface area contributed by atoms with Gasteiger partial charge in [0.15, 0.2) is 0 Å². The van der Waals surface area contributed by atoms with Crippen LogP contribution in [0.4, 0.5) is 17.2 Å². The van der Waals surface area contributed by atoms with Gasteiger partial charge in [0.25, 0.3) is 0 Å². The fourth-order valence-corrected chi connectivity index (χ4v) is 4.79. The Hall–Kier alpha value is -4.70. The summed E-state index contributed by atoms with van der Waals surface area (Å²) in [5.41, 5.74) is 2.52. The highest BCUT2D eigenvalue weighted by Gasteiger charge is 2.33. The van der Waals surface area contributed by atoms with Gasteiger partial charge in [-0.2, -0.15) is 0 Å². The van der Waals surface area contributed by atoms with Crippen LogP contribution in [0.5, 0.6) is 11.5 Å². The maximum Gasteiger partial charge on any atom is 0.247 e. The van der Waals surface area contributed by atoms with E-state index in [4.69, 9.17) is 21.1 Å². The number of halogens is 1. The fourth-order valence-electron chi connectivity index (χ4n) is 4.55. The second kappa shape index (κ2) is 12.0. The van der Waals surface area contributed by atoms with Crippen molar-refractivity contribution in [3.05, 3.63) is 84.4 Å². The molecule has 0 radical (unpaired) electrons. The average Bonchev–Trinajstić information content (AvgIpc) is 3.47. The van der Waals surface area contributed by atoms with Gasteiger partial charge in [-0.3, -0.25) is 14.6 Å². The number of likely N-dealkylation sites (tertiary alicyclic amines) is 1. The molecule has 2 N–H and O–H groups in total. The molecule has 2 aromatic heterocycles. The number of benzene rings is 2. The summed E-state index contributed by atoms with van der Waals surface area (Å²) in [5.74, 6) is 0.892. The number of carbonyl (C=O) groups excluding carboxylic acids is 2. The predicted molar refractivity (Wildman–Crippen MR) is 153 cm³/mol. The number of ether oxygens (including phenoxy) is 2. The summed E-state index contributed by atoms with van der Waals surface area (Å²) in [7, 11) is 1.51. The van der Waals surface area contributed by atoms with Crippen LogP contribution in [0.3, 0.4) is 0 Å². The lowest BCUT2D eigenvalue weighted by Gasteiger charge is -2.23. The van der Waals surface area contributed by atoms with Gasteiger partial charge in [-0.25, -0.2) is 9.97 Å². The molecule has 1 saturated heterocycles. The molecule has 10 nitrogen and oxygen atoms in total. The number of methoxy groups -OCH3 is 1. The van der Waals surface area contributed by atoms with E-state index < -0.39 is 6.04 Å². The number of anilines is 3. The molecule has 1 aliphatic heterocycles. The molecule has 0 unspecified atom stereocenters. The smallest absolute Gasteiger partial charge is 0.247 e. The molecule has 0 aliphatic carbocycles. The van der Waals surface area contributed by atoms with Crippen LogP contribution in [-0.2, 0) is 16.2 Å². The molecule has 2 amide bonds. The van der Waals surface area contributed by atoms with Crippen molar-refractivity contribution in [2.45, 2.75) is 25.5 Å². The van der Waals surface area contributed by atoms with Gasteiger partial charge >= 0.3 is 0 Å². The Morgan fingerprint density at radius 2 is 2.02 bits per heavy atom. The Balaban J connectivity index is 1.37. The first-order valence-electron chi connectivity index (χ1n) is 12.6. The summed E-state index contributed by atoms with van der Waals surface area (Å²) < 4.78 is 11.3. The van der Waals surface area contributed by atoms with E-state index in [2.05, 4.69) is 32.2 Å². The lowest BCUT2D eigenvalue weighted by molar-refractivity contribution is -0.132. The number of aromatic nitrogens is 3. The Bertz CT molecular complexity index is 1570. The van der Waals surface area contributed by atoms with Crippen molar-refractivity contribution in [2.24, 2.45) is 0 Å². The molecule has 11 heteroatoms. The van der Waals surface area contributed by atoms with Gasteiger partial charge in [0, 0.05) is 29.9 Å². The van der Waals surface area contributed by atoms with E-state index in [9.17, 15) is 9.59 Å². The van der Waals surface area contributed by atoms with Crippen molar-refractivity contribution in [1.29, 1.82) is 0 Å². The van der Waals surface area contributed by atoms with E-state index in [0.29, 0.717) is 64.2 Å². The molecule has 3 heterocycles. The zero-order valence-electron chi connectivity index (χ0n) is 21.8. The molecule has 204 valence electrons. The number of hydrogen-bond donors (Lipinski definition) is 2. The lowest BCUT2D eigenvalue weighted by atomic mass is 10.1. The highest BCUT2D eigenvalue weighted by Crippen LogP contribution is 2.35. The van der Waals surface area contributed by atoms with Gasteiger partial charge in [0.1, 0.15) is 36.3 Å². The zero-order chi connectivity index (χ0) is 28.1. The van der Waals surface area contributed by atoms with Crippen LogP contribution in [-0.4, -0.2) is 51.4 Å². The number of nitrogens with zero attached hydrogens (tertiary/aromatic N) is 4. The third kappa shape index (κ3) is 5.81. The number of fused-ring (bicyclic) bond motifs is 1. The van der Waals surface area contributed by atoms with Crippen LogP contribution in [0.2, 0.25) is 5.02 Å². The summed E-state index contributed by atoms with van der Waals surface area (Å²) >= 11 is 6.49. The molecule has 5 rings (SSSR count). The standard InChI is InChI=1S/C29H27ClN6O4/c1-3-27(37)36-12-6-8-24(36)29(38)35-23-14-20-22(15-26(23)39-2)32-17-33-28(20)34-18-9-10-25(21(30)13-18)40-16-19-7-4-5-11-31-19/h3-5,7,9-11,13-15,17,24H,1,6,8,12,16H2,2H3,(H,35,38)(H,32,33,34)/t24-/m0/s1. The highest BCUT2D eigenvalue weighted by molar-refractivity contribution is 6.32. The molecule has 1 fully saturated rings. The maximum absolute atomic E-state index is 13.2. The van der Waals surface area contributed by atoms with Crippen molar-refractivity contribution >= 4 is 51.5 Å². The predicted octanol–water partition coefficient (Wildman–Crippen LogP) is 5.12. The lowest BCUT2D eigenvalue weighted by Crippen LogP contribution is -2.42. The van der Waals surface area contributed by atoms with Gasteiger partial charge in [0.05, 0.1) is 29.0 Å². The Morgan fingerprint density at radius 1 is 1.15 bits per heavy atom. The van der Waals surface area contributed by atoms with Crippen LogP contribution in [0.15, 0.2) is 73.7 Å². The molecule has 4 aromatic rings.